The number of aliphatic hydroxyl groups is 1. The van der Waals surface area contributed by atoms with Gasteiger partial charge in [0.1, 0.15) is 17.8 Å². The molecule has 2 amide bonds. The maximum atomic E-state index is 13.1. The Hall–Kier alpha value is -3.97. The van der Waals surface area contributed by atoms with Crippen LogP contribution in [0.15, 0.2) is 79.1 Å². The zero-order valence-electron chi connectivity index (χ0n) is 19.0. The summed E-state index contributed by atoms with van der Waals surface area (Å²) < 4.78 is 0. The molecule has 4 aromatic rings. The number of aromatic amines is 1. The van der Waals surface area contributed by atoms with Gasteiger partial charge in [-0.05, 0) is 41.3 Å². The van der Waals surface area contributed by atoms with Gasteiger partial charge in [-0.1, -0.05) is 54.6 Å². The van der Waals surface area contributed by atoms with E-state index in [1.807, 2.05) is 79.9 Å². The van der Waals surface area contributed by atoms with Gasteiger partial charge in [0.25, 0.3) is 0 Å². The number of aryl methyl sites for hydroxylation is 1. The van der Waals surface area contributed by atoms with Crippen LogP contribution in [0.5, 0.6) is 0 Å². The number of carbonyl (C=O) groups is 2. The number of hydrogen-bond acceptors (Lipinski definition) is 4. The van der Waals surface area contributed by atoms with E-state index >= 15 is 0 Å². The van der Waals surface area contributed by atoms with Gasteiger partial charge in [-0.2, -0.15) is 0 Å². The molecule has 0 aliphatic rings. The highest BCUT2D eigenvalue weighted by molar-refractivity contribution is 5.89. The maximum absolute atomic E-state index is 13.1. The van der Waals surface area contributed by atoms with E-state index in [0.29, 0.717) is 6.42 Å². The van der Waals surface area contributed by atoms with Crippen molar-refractivity contribution in [1.82, 2.24) is 20.6 Å². The van der Waals surface area contributed by atoms with Crippen LogP contribution >= 0.6 is 0 Å². The Morgan fingerprint density at radius 2 is 1.74 bits per heavy atom. The predicted molar refractivity (Wildman–Crippen MR) is 131 cm³/mol. The summed E-state index contributed by atoms with van der Waals surface area (Å²) in [4.78, 5) is 33.3. The zero-order valence-corrected chi connectivity index (χ0v) is 19.0. The molecule has 0 aliphatic carbocycles. The smallest absolute Gasteiger partial charge is 0.249 e. The van der Waals surface area contributed by atoms with Crippen LogP contribution in [0.25, 0.3) is 11.0 Å². The summed E-state index contributed by atoms with van der Waals surface area (Å²) in [5, 5.41) is 17.1. The van der Waals surface area contributed by atoms with Crippen molar-refractivity contribution in [2.75, 3.05) is 0 Å². The minimum Gasteiger partial charge on any atom is -0.383 e. The number of fused-ring (bicyclic) bond motifs is 1. The molecule has 0 bridgehead atoms. The summed E-state index contributed by atoms with van der Waals surface area (Å²) in [6.45, 7) is 2.24. The second kappa shape index (κ2) is 10.8. The number of nitrogens with zero attached hydrogens (tertiary/aromatic N) is 1. The number of nitrogens with one attached hydrogen (secondary N) is 3. The van der Waals surface area contributed by atoms with Crippen LogP contribution in [0.2, 0.25) is 0 Å². The number of aromatic nitrogens is 2. The Labute approximate surface area is 198 Å². The number of amides is 2. The predicted octanol–water partition coefficient (Wildman–Crippen LogP) is 2.82. The molecule has 2 heterocycles. The van der Waals surface area contributed by atoms with E-state index in [2.05, 4.69) is 20.6 Å². The fourth-order valence-corrected chi connectivity index (χ4v) is 3.86. The lowest BCUT2D eigenvalue weighted by atomic mass is 10.00. The van der Waals surface area contributed by atoms with Crippen molar-refractivity contribution in [2.24, 2.45) is 0 Å². The Bertz CT molecular complexity index is 1270. The third-order valence-corrected chi connectivity index (χ3v) is 5.82. The molecule has 0 aliphatic heterocycles. The summed E-state index contributed by atoms with van der Waals surface area (Å²) in [5.74, 6) is -0.898. The molecule has 0 saturated heterocycles. The number of aliphatic hydroxyl groups excluding tert-OH is 1. The SMILES string of the molecule is Cc1ccccc1C[C@H](NC(=O)[C@H](O)Cc1ccccc1)C(=O)NCc1cnc2[nH]ccc2c1. The van der Waals surface area contributed by atoms with Gasteiger partial charge in [0.05, 0.1) is 0 Å². The normalized spacial score (nSPS) is 12.8. The second-order valence-corrected chi connectivity index (χ2v) is 8.37. The van der Waals surface area contributed by atoms with E-state index in [1.54, 1.807) is 6.20 Å². The molecule has 4 rings (SSSR count). The van der Waals surface area contributed by atoms with Crippen LogP contribution in [0.3, 0.4) is 0 Å². The van der Waals surface area contributed by atoms with Gasteiger partial charge < -0.3 is 20.7 Å². The summed E-state index contributed by atoms with van der Waals surface area (Å²) in [7, 11) is 0. The first-order valence-corrected chi connectivity index (χ1v) is 11.3. The number of carbonyl (C=O) groups excluding carboxylic acids is 2. The van der Waals surface area contributed by atoms with Gasteiger partial charge in [0.2, 0.25) is 11.8 Å². The standard InChI is InChI=1S/C27H28N4O3/c1-18-7-5-6-10-21(18)15-23(31-27(34)24(32)14-19-8-3-2-4-9-19)26(33)30-17-20-13-22-11-12-28-25(22)29-16-20/h2-13,16,23-24,32H,14-15,17H2,1H3,(H,28,29)(H,30,33)(H,31,34)/t23-,24+/m0/s1. The van der Waals surface area contributed by atoms with Gasteiger partial charge >= 0.3 is 0 Å². The number of pyridine rings is 1. The van der Waals surface area contributed by atoms with Crippen LogP contribution in [0.1, 0.15) is 22.3 Å². The molecule has 0 radical (unpaired) electrons. The monoisotopic (exact) mass is 456 g/mol. The van der Waals surface area contributed by atoms with Crippen molar-refractivity contribution in [3.63, 3.8) is 0 Å². The van der Waals surface area contributed by atoms with Crippen molar-refractivity contribution in [3.05, 3.63) is 101 Å². The highest BCUT2D eigenvalue weighted by Gasteiger charge is 2.25. The van der Waals surface area contributed by atoms with Gasteiger partial charge in [-0.25, -0.2) is 4.98 Å². The molecule has 0 fully saturated rings. The third kappa shape index (κ3) is 5.88. The molecule has 174 valence electrons. The number of benzene rings is 2. The van der Waals surface area contributed by atoms with Gasteiger partial charge in [0, 0.05) is 37.2 Å². The molecular weight excluding hydrogens is 428 g/mol. The lowest BCUT2D eigenvalue weighted by Crippen LogP contribution is -2.51. The molecule has 4 N–H and O–H groups in total. The van der Waals surface area contributed by atoms with E-state index in [-0.39, 0.29) is 18.9 Å². The second-order valence-electron chi connectivity index (χ2n) is 8.37. The number of H-pyrrole nitrogens is 1. The van der Waals surface area contributed by atoms with Crippen LogP contribution in [-0.2, 0) is 29.0 Å². The number of rotatable bonds is 9. The first kappa shape index (κ1) is 23.2. The molecular formula is C27H28N4O3. The van der Waals surface area contributed by atoms with E-state index in [4.69, 9.17) is 0 Å². The summed E-state index contributed by atoms with van der Waals surface area (Å²) in [6, 6.07) is 20.1. The molecule has 2 aromatic carbocycles. The quantitative estimate of drug-likeness (QED) is 0.311. The Morgan fingerprint density at radius 1 is 0.971 bits per heavy atom. The van der Waals surface area contributed by atoms with Crippen molar-refractivity contribution in [3.8, 4) is 0 Å². The minimum atomic E-state index is -1.25. The summed E-state index contributed by atoms with van der Waals surface area (Å²) in [6.07, 6.45) is 2.76. The molecule has 7 heteroatoms. The van der Waals surface area contributed by atoms with Crippen molar-refractivity contribution >= 4 is 22.8 Å². The Morgan fingerprint density at radius 3 is 2.53 bits per heavy atom. The molecule has 7 nitrogen and oxygen atoms in total. The van der Waals surface area contributed by atoms with Crippen molar-refractivity contribution in [1.29, 1.82) is 0 Å². The van der Waals surface area contributed by atoms with E-state index in [0.717, 1.165) is 33.3 Å². The Kier molecular flexibility index (Phi) is 7.34. The Balaban J connectivity index is 1.45. The fraction of sp³-hybridized carbons (Fsp3) is 0.222. The van der Waals surface area contributed by atoms with Crippen molar-refractivity contribution in [2.45, 2.75) is 38.5 Å². The van der Waals surface area contributed by atoms with Crippen LogP contribution in [0, 0.1) is 6.92 Å². The van der Waals surface area contributed by atoms with Crippen LogP contribution < -0.4 is 10.6 Å². The van der Waals surface area contributed by atoms with Gasteiger partial charge in [0.15, 0.2) is 0 Å². The van der Waals surface area contributed by atoms with Crippen LogP contribution in [-0.4, -0.2) is 39.0 Å². The summed E-state index contributed by atoms with van der Waals surface area (Å²) in [5.41, 5.74) is 4.47. The highest BCUT2D eigenvalue weighted by atomic mass is 16.3. The van der Waals surface area contributed by atoms with E-state index in [1.165, 1.54) is 0 Å². The third-order valence-electron chi connectivity index (χ3n) is 5.82. The molecule has 0 spiro atoms. The highest BCUT2D eigenvalue weighted by Crippen LogP contribution is 2.13. The average molecular weight is 457 g/mol. The first-order chi connectivity index (χ1) is 16.5. The van der Waals surface area contributed by atoms with Gasteiger partial charge in [-0.15, -0.1) is 0 Å². The molecule has 34 heavy (non-hydrogen) atoms. The molecule has 2 atom stereocenters. The molecule has 0 saturated carbocycles. The number of hydrogen-bond donors (Lipinski definition) is 4. The van der Waals surface area contributed by atoms with Crippen LogP contribution in [0.4, 0.5) is 0 Å². The lowest BCUT2D eigenvalue weighted by molar-refractivity contribution is -0.134. The topological polar surface area (TPSA) is 107 Å². The molecule has 0 unspecified atom stereocenters. The van der Waals surface area contributed by atoms with E-state index in [9.17, 15) is 14.7 Å². The first-order valence-electron chi connectivity index (χ1n) is 11.3. The summed E-state index contributed by atoms with van der Waals surface area (Å²) >= 11 is 0. The minimum absolute atomic E-state index is 0.174. The van der Waals surface area contributed by atoms with Crippen molar-refractivity contribution < 1.29 is 14.7 Å². The van der Waals surface area contributed by atoms with Gasteiger partial charge in [-0.3, -0.25) is 9.59 Å². The largest absolute Gasteiger partial charge is 0.383 e. The lowest BCUT2D eigenvalue weighted by Gasteiger charge is -2.21. The maximum Gasteiger partial charge on any atom is 0.249 e. The molecule has 2 aromatic heterocycles. The zero-order chi connectivity index (χ0) is 23.9. The van der Waals surface area contributed by atoms with E-state index < -0.39 is 18.1 Å². The average Bonchev–Trinajstić information content (AvgIpc) is 3.32. The fourth-order valence-electron chi connectivity index (χ4n) is 3.86.